The van der Waals surface area contributed by atoms with Crippen molar-refractivity contribution in [2.75, 3.05) is 19.6 Å². The van der Waals surface area contributed by atoms with Crippen LogP contribution in [0, 0.1) is 11.8 Å². The molecule has 0 aromatic carbocycles. The van der Waals surface area contributed by atoms with Gasteiger partial charge in [-0.2, -0.15) is 0 Å². The number of carbonyl (C=O) groups is 1. The van der Waals surface area contributed by atoms with Crippen LogP contribution in [0.2, 0.25) is 0 Å². The Hall–Kier alpha value is -0.640. The van der Waals surface area contributed by atoms with Crippen LogP contribution in [-0.4, -0.2) is 42.7 Å². The quantitative estimate of drug-likeness (QED) is 0.792. The molecular weight excluding hydrogens is 231 g/mol. The first-order valence-electron chi connectivity index (χ1n) is 7.07. The van der Waals surface area contributed by atoms with E-state index in [4.69, 9.17) is 0 Å². The summed E-state index contributed by atoms with van der Waals surface area (Å²) < 4.78 is 13.1. The van der Waals surface area contributed by atoms with Gasteiger partial charge in [-0.1, -0.05) is 27.7 Å². The van der Waals surface area contributed by atoms with Gasteiger partial charge in [-0.25, -0.2) is 4.39 Å². The molecule has 1 aliphatic rings. The predicted molar refractivity (Wildman–Crippen MR) is 72.2 cm³/mol. The fraction of sp³-hybridized carbons (Fsp3) is 0.929. The average molecular weight is 258 g/mol. The fourth-order valence-corrected chi connectivity index (χ4v) is 2.23. The highest BCUT2D eigenvalue weighted by Gasteiger charge is 2.24. The normalized spacial score (nSPS) is 22.7. The Morgan fingerprint density at radius 1 is 1.39 bits per heavy atom. The van der Waals surface area contributed by atoms with Crippen LogP contribution < -0.4 is 5.32 Å². The lowest BCUT2D eigenvalue weighted by Gasteiger charge is -2.25. The second kappa shape index (κ2) is 7.07. The number of alkyl halides is 1. The Morgan fingerprint density at radius 2 is 2.06 bits per heavy atom. The summed E-state index contributed by atoms with van der Waals surface area (Å²) in [5.41, 5.74) is 0. The van der Waals surface area contributed by atoms with Crippen molar-refractivity contribution in [2.24, 2.45) is 11.8 Å². The molecule has 3 nitrogen and oxygen atoms in total. The molecule has 1 N–H and O–H groups in total. The van der Waals surface area contributed by atoms with E-state index in [0.29, 0.717) is 18.9 Å². The van der Waals surface area contributed by atoms with E-state index in [0.717, 1.165) is 19.5 Å². The third-order valence-electron chi connectivity index (χ3n) is 3.63. The molecule has 2 unspecified atom stereocenters. The summed E-state index contributed by atoms with van der Waals surface area (Å²) in [7, 11) is 0. The molecule has 4 heteroatoms. The smallest absolute Gasteiger partial charge is 0.222 e. The van der Waals surface area contributed by atoms with E-state index in [-0.39, 0.29) is 17.9 Å². The first-order chi connectivity index (χ1) is 8.40. The van der Waals surface area contributed by atoms with Crippen molar-refractivity contribution in [3.8, 4) is 0 Å². The van der Waals surface area contributed by atoms with Gasteiger partial charge >= 0.3 is 0 Å². The Labute approximate surface area is 110 Å². The van der Waals surface area contributed by atoms with E-state index in [1.165, 1.54) is 0 Å². The van der Waals surface area contributed by atoms with Gasteiger partial charge in [0.15, 0.2) is 0 Å². The van der Waals surface area contributed by atoms with Crippen molar-refractivity contribution in [3.05, 3.63) is 0 Å². The second-order valence-electron chi connectivity index (χ2n) is 5.99. The van der Waals surface area contributed by atoms with E-state index < -0.39 is 6.17 Å². The molecule has 0 aliphatic carbocycles. The van der Waals surface area contributed by atoms with Gasteiger partial charge < -0.3 is 10.2 Å². The number of halogens is 1. The highest BCUT2D eigenvalue weighted by Crippen LogP contribution is 2.15. The third-order valence-corrected chi connectivity index (χ3v) is 3.63. The Kier molecular flexibility index (Phi) is 6.06. The maximum atomic E-state index is 13.1. The Balaban J connectivity index is 2.36. The number of amides is 1. The van der Waals surface area contributed by atoms with Gasteiger partial charge in [-0.05, 0) is 18.8 Å². The van der Waals surface area contributed by atoms with Gasteiger partial charge in [0.25, 0.3) is 0 Å². The number of hydrogen-bond donors (Lipinski definition) is 1. The van der Waals surface area contributed by atoms with Gasteiger partial charge in [0.2, 0.25) is 5.91 Å². The molecule has 2 atom stereocenters. The average Bonchev–Trinajstić information content (AvgIpc) is 2.69. The molecule has 0 radical (unpaired) electrons. The van der Waals surface area contributed by atoms with E-state index in [1.807, 2.05) is 13.8 Å². The topological polar surface area (TPSA) is 32.3 Å². The predicted octanol–water partition coefficient (Wildman–Crippen LogP) is 2.22. The summed E-state index contributed by atoms with van der Waals surface area (Å²) in [6, 6.07) is 0.193. The number of likely N-dealkylation sites (tertiary alicyclic amines) is 1. The number of nitrogens with one attached hydrogen (secondary N) is 1. The number of hydrogen-bond acceptors (Lipinski definition) is 2. The Morgan fingerprint density at radius 3 is 2.50 bits per heavy atom. The van der Waals surface area contributed by atoms with Crippen LogP contribution >= 0.6 is 0 Å². The van der Waals surface area contributed by atoms with Crippen LogP contribution in [0.5, 0.6) is 0 Å². The monoisotopic (exact) mass is 258 g/mol. The molecule has 0 bridgehead atoms. The van der Waals surface area contributed by atoms with E-state index in [2.05, 4.69) is 24.1 Å². The SMILES string of the molecule is CC(C)C(=O)NC(CCN1CCC(F)C1)C(C)C. The van der Waals surface area contributed by atoms with Crippen molar-refractivity contribution >= 4 is 5.91 Å². The highest BCUT2D eigenvalue weighted by atomic mass is 19.1. The molecule has 18 heavy (non-hydrogen) atoms. The fourth-order valence-electron chi connectivity index (χ4n) is 2.23. The summed E-state index contributed by atoms with van der Waals surface area (Å²) in [6.45, 7) is 10.3. The molecular formula is C14H27FN2O. The largest absolute Gasteiger partial charge is 0.353 e. The van der Waals surface area contributed by atoms with Crippen LogP contribution in [0.4, 0.5) is 4.39 Å². The minimum absolute atomic E-state index is 0.0215. The first-order valence-corrected chi connectivity index (χ1v) is 7.07. The summed E-state index contributed by atoms with van der Waals surface area (Å²) in [5, 5.41) is 3.09. The minimum atomic E-state index is -0.659. The molecule has 0 aromatic rings. The van der Waals surface area contributed by atoms with Crippen LogP contribution in [0.3, 0.4) is 0 Å². The van der Waals surface area contributed by atoms with Gasteiger partial charge in [0, 0.05) is 31.6 Å². The summed E-state index contributed by atoms with van der Waals surface area (Å²) in [6.07, 6.45) is 0.904. The second-order valence-corrected chi connectivity index (χ2v) is 5.99. The summed E-state index contributed by atoms with van der Waals surface area (Å²) >= 11 is 0. The molecule has 106 valence electrons. The first kappa shape index (κ1) is 15.4. The van der Waals surface area contributed by atoms with Crippen LogP contribution in [-0.2, 0) is 4.79 Å². The zero-order valence-corrected chi connectivity index (χ0v) is 12.1. The molecule has 0 saturated carbocycles. The molecule has 1 saturated heterocycles. The van der Waals surface area contributed by atoms with E-state index in [1.54, 1.807) is 0 Å². The molecule has 1 rings (SSSR count). The van der Waals surface area contributed by atoms with Crippen LogP contribution in [0.25, 0.3) is 0 Å². The Bertz CT molecular complexity index is 269. The van der Waals surface area contributed by atoms with Crippen molar-refractivity contribution < 1.29 is 9.18 Å². The van der Waals surface area contributed by atoms with Crippen LogP contribution in [0.15, 0.2) is 0 Å². The van der Waals surface area contributed by atoms with Crippen molar-refractivity contribution in [1.29, 1.82) is 0 Å². The van der Waals surface area contributed by atoms with Crippen LogP contribution in [0.1, 0.15) is 40.5 Å². The van der Waals surface area contributed by atoms with Crippen molar-refractivity contribution in [3.63, 3.8) is 0 Å². The molecule has 0 aromatic heterocycles. The van der Waals surface area contributed by atoms with Crippen molar-refractivity contribution in [1.82, 2.24) is 10.2 Å². The summed E-state index contributed by atoms with van der Waals surface area (Å²) in [5.74, 6) is 0.545. The van der Waals surface area contributed by atoms with E-state index in [9.17, 15) is 9.18 Å². The lowest BCUT2D eigenvalue weighted by Crippen LogP contribution is -2.42. The molecule has 1 fully saturated rings. The molecule has 1 heterocycles. The van der Waals surface area contributed by atoms with E-state index >= 15 is 0 Å². The van der Waals surface area contributed by atoms with Crippen molar-refractivity contribution in [2.45, 2.75) is 52.8 Å². The number of carbonyl (C=O) groups excluding carboxylic acids is 1. The third kappa shape index (κ3) is 4.92. The summed E-state index contributed by atoms with van der Waals surface area (Å²) in [4.78, 5) is 13.9. The standard InChI is InChI=1S/C14H27FN2O/c1-10(2)13(16-14(18)11(3)4)6-8-17-7-5-12(15)9-17/h10-13H,5-9H2,1-4H3,(H,16,18). The number of nitrogens with zero attached hydrogens (tertiary/aromatic N) is 1. The van der Waals surface area contributed by atoms with Gasteiger partial charge in [-0.15, -0.1) is 0 Å². The van der Waals surface area contributed by atoms with Gasteiger partial charge in [-0.3, -0.25) is 4.79 Å². The lowest BCUT2D eigenvalue weighted by molar-refractivity contribution is -0.125. The molecule has 0 spiro atoms. The molecule has 1 aliphatic heterocycles. The minimum Gasteiger partial charge on any atom is -0.353 e. The van der Waals surface area contributed by atoms with Gasteiger partial charge in [0.1, 0.15) is 6.17 Å². The molecule has 1 amide bonds. The maximum absolute atomic E-state index is 13.1. The highest BCUT2D eigenvalue weighted by molar-refractivity contribution is 5.78. The maximum Gasteiger partial charge on any atom is 0.222 e. The lowest BCUT2D eigenvalue weighted by atomic mass is 9.99. The zero-order valence-electron chi connectivity index (χ0n) is 12.1. The number of rotatable bonds is 6. The zero-order chi connectivity index (χ0) is 13.7. The van der Waals surface area contributed by atoms with Gasteiger partial charge in [0.05, 0.1) is 0 Å².